The molecule has 1 amide bonds. The van der Waals surface area contributed by atoms with Crippen molar-refractivity contribution in [1.82, 2.24) is 20.1 Å². The van der Waals surface area contributed by atoms with Crippen molar-refractivity contribution in [3.8, 4) is 5.69 Å². The Kier molecular flexibility index (Phi) is 5.03. The van der Waals surface area contributed by atoms with Gasteiger partial charge in [-0.15, -0.1) is 0 Å². The van der Waals surface area contributed by atoms with E-state index >= 15 is 0 Å². The van der Waals surface area contributed by atoms with Crippen LogP contribution in [0.5, 0.6) is 0 Å². The molecule has 2 aromatic carbocycles. The van der Waals surface area contributed by atoms with Crippen LogP contribution in [0.1, 0.15) is 27.3 Å². The fraction of sp³-hybridized carbons (Fsp3) is 0.136. The number of amides is 1. The first-order chi connectivity index (χ1) is 13.9. The van der Waals surface area contributed by atoms with Crippen LogP contribution in [0.4, 0.5) is 4.39 Å². The van der Waals surface area contributed by atoms with Gasteiger partial charge in [-0.25, -0.2) is 14.1 Å². The molecule has 4 rings (SSSR count). The van der Waals surface area contributed by atoms with E-state index in [0.29, 0.717) is 45.2 Å². The van der Waals surface area contributed by atoms with Gasteiger partial charge in [0.05, 0.1) is 22.3 Å². The maximum atomic E-state index is 13.3. The highest BCUT2D eigenvalue weighted by Crippen LogP contribution is 2.25. The second-order valence-corrected chi connectivity index (χ2v) is 7.16. The number of hydrogen-bond acceptors (Lipinski definition) is 3. The molecule has 1 N–H and O–H groups in total. The highest BCUT2D eigenvalue weighted by atomic mass is 35.5. The quantitative estimate of drug-likeness (QED) is 0.529. The third kappa shape index (κ3) is 3.71. The fourth-order valence-corrected chi connectivity index (χ4v) is 3.47. The molecule has 0 radical (unpaired) electrons. The van der Waals surface area contributed by atoms with E-state index in [-0.39, 0.29) is 11.7 Å². The van der Waals surface area contributed by atoms with Crippen LogP contribution in [0.2, 0.25) is 5.02 Å². The van der Waals surface area contributed by atoms with Gasteiger partial charge in [-0.3, -0.25) is 4.79 Å². The van der Waals surface area contributed by atoms with E-state index in [9.17, 15) is 9.18 Å². The number of hydrogen-bond donors (Lipinski definition) is 1. The first-order valence-electron chi connectivity index (χ1n) is 9.08. The van der Waals surface area contributed by atoms with Crippen molar-refractivity contribution in [2.45, 2.75) is 20.4 Å². The van der Waals surface area contributed by atoms with Gasteiger partial charge in [0.2, 0.25) is 0 Å². The van der Waals surface area contributed by atoms with Crippen LogP contribution >= 0.6 is 11.6 Å². The van der Waals surface area contributed by atoms with E-state index in [1.54, 1.807) is 28.9 Å². The average molecular weight is 409 g/mol. The Morgan fingerprint density at radius 3 is 2.59 bits per heavy atom. The molecule has 0 saturated heterocycles. The highest BCUT2D eigenvalue weighted by Gasteiger charge is 2.19. The van der Waals surface area contributed by atoms with Crippen LogP contribution in [-0.2, 0) is 6.54 Å². The third-order valence-electron chi connectivity index (χ3n) is 4.65. The molecule has 5 nitrogen and oxygen atoms in total. The van der Waals surface area contributed by atoms with Gasteiger partial charge in [0, 0.05) is 17.3 Å². The minimum atomic E-state index is -0.328. The predicted octanol–water partition coefficient (Wildman–Crippen LogP) is 4.76. The standard InChI is InChI=1S/C22H18ClFN4O/c1-13-11-18(22(29)25-12-15-5-3-4-6-19(15)23)20-14(2)27-28(21(20)26-13)17-9-7-16(24)8-10-17/h3-11H,12H2,1-2H3,(H,25,29). The molecule has 0 atom stereocenters. The summed E-state index contributed by atoms with van der Waals surface area (Å²) in [7, 11) is 0. The number of carbonyl (C=O) groups is 1. The molecule has 2 aromatic heterocycles. The lowest BCUT2D eigenvalue weighted by atomic mass is 10.1. The number of halogens is 2. The van der Waals surface area contributed by atoms with Gasteiger partial charge in [0.15, 0.2) is 5.65 Å². The summed E-state index contributed by atoms with van der Waals surface area (Å²) >= 11 is 6.18. The molecule has 0 spiro atoms. The van der Waals surface area contributed by atoms with Crippen molar-refractivity contribution < 1.29 is 9.18 Å². The Labute approximate surface area is 172 Å². The van der Waals surface area contributed by atoms with Gasteiger partial charge in [-0.1, -0.05) is 29.8 Å². The summed E-state index contributed by atoms with van der Waals surface area (Å²) in [6.07, 6.45) is 0. The summed E-state index contributed by atoms with van der Waals surface area (Å²) in [5, 5.41) is 8.72. The molecule has 7 heteroatoms. The van der Waals surface area contributed by atoms with Gasteiger partial charge in [-0.2, -0.15) is 5.10 Å². The molecule has 2 heterocycles. The molecule has 0 aliphatic rings. The van der Waals surface area contributed by atoms with E-state index in [0.717, 1.165) is 5.56 Å². The lowest BCUT2D eigenvalue weighted by Gasteiger charge is -2.09. The minimum absolute atomic E-state index is 0.234. The minimum Gasteiger partial charge on any atom is -0.348 e. The Morgan fingerprint density at radius 2 is 1.86 bits per heavy atom. The van der Waals surface area contributed by atoms with Crippen molar-refractivity contribution in [3.63, 3.8) is 0 Å². The first-order valence-corrected chi connectivity index (χ1v) is 9.46. The molecule has 0 bridgehead atoms. The van der Waals surface area contributed by atoms with Crippen LogP contribution in [0.3, 0.4) is 0 Å². The molecule has 0 fully saturated rings. The molecular formula is C22H18ClFN4O. The zero-order chi connectivity index (χ0) is 20.5. The van der Waals surface area contributed by atoms with E-state index in [1.807, 2.05) is 32.0 Å². The van der Waals surface area contributed by atoms with Crippen molar-refractivity contribution in [3.05, 3.63) is 88.0 Å². The number of fused-ring (bicyclic) bond motifs is 1. The summed E-state index contributed by atoms with van der Waals surface area (Å²) in [5.41, 5.74) is 3.90. The maximum absolute atomic E-state index is 13.3. The second kappa shape index (κ2) is 7.64. The SMILES string of the molecule is Cc1cc(C(=O)NCc2ccccc2Cl)c2c(C)nn(-c3ccc(F)cc3)c2n1. The maximum Gasteiger partial charge on any atom is 0.252 e. The van der Waals surface area contributed by atoms with Gasteiger partial charge < -0.3 is 5.32 Å². The van der Waals surface area contributed by atoms with E-state index in [1.165, 1.54) is 12.1 Å². The molecule has 0 aliphatic heterocycles. The number of aryl methyl sites for hydroxylation is 2. The van der Waals surface area contributed by atoms with E-state index in [2.05, 4.69) is 15.4 Å². The molecule has 4 aromatic rings. The Balaban J connectivity index is 1.74. The van der Waals surface area contributed by atoms with Crippen molar-refractivity contribution in [2.75, 3.05) is 0 Å². The molecule has 0 saturated carbocycles. The van der Waals surface area contributed by atoms with E-state index < -0.39 is 0 Å². The van der Waals surface area contributed by atoms with Crippen LogP contribution in [-0.4, -0.2) is 20.7 Å². The number of nitrogens with one attached hydrogen (secondary N) is 1. The van der Waals surface area contributed by atoms with Gasteiger partial charge in [0.1, 0.15) is 5.82 Å². The molecule has 0 unspecified atom stereocenters. The third-order valence-corrected chi connectivity index (χ3v) is 5.02. The highest BCUT2D eigenvalue weighted by molar-refractivity contribution is 6.31. The Morgan fingerprint density at radius 1 is 1.14 bits per heavy atom. The van der Waals surface area contributed by atoms with Crippen LogP contribution in [0.25, 0.3) is 16.7 Å². The molecule has 0 aliphatic carbocycles. The zero-order valence-electron chi connectivity index (χ0n) is 15.9. The fourth-order valence-electron chi connectivity index (χ4n) is 3.27. The van der Waals surface area contributed by atoms with Crippen LogP contribution in [0.15, 0.2) is 54.6 Å². The van der Waals surface area contributed by atoms with Crippen LogP contribution < -0.4 is 5.32 Å². The van der Waals surface area contributed by atoms with Crippen molar-refractivity contribution in [1.29, 1.82) is 0 Å². The summed E-state index contributed by atoms with van der Waals surface area (Å²) in [5.74, 6) is -0.562. The van der Waals surface area contributed by atoms with Gasteiger partial charge in [0.25, 0.3) is 5.91 Å². The topological polar surface area (TPSA) is 59.8 Å². The monoisotopic (exact) mass is 408 g/mol. The largest absolute Gasteiger partial charge is 0.348 e. The summed E-state index contributed by atoms with van der Waals surface area (Å²) in [6.45, 7) is 3.96. The van der Waals surface area contributed by atoms with Gasteiger partial charge >= 0.3 is 0 Å². The summed E-state index contributed by atoms with van der Waals surface area (Å²) in [6, 6.07) is 15.1. The lowest BCUT2D eigenvalue weighted by molar-refractivity contribution is 0.0952. The Hall–Kier alpha value is -3.25. The molecule has 29 heavy (non-hydrogen) atoms. The molecular weight excluding hydrogens is 391 g/mol. The number of nitrogens with zero attached hydrogens (tertiary/aromatic N) is 3. The number of rotatable bonds is 4. The molecule has 146 valence electrons. The smallest absolute Gasteiger partial charge is 0.252 e. The summed E-state index contributed by atoms with van der Waals surface area (Å²) < 4.78 is 14.9. The van der Waals surface area contributed by atoms with Crippen molar-refractivity contribution >= 4 is 28.5 Å². The second-order valence-electron chi connectivity index (χ2n) is 6.76. The predicted molar refractivity (Wildman–Crippen MR) is 111 cm³/mol. The number of pyridine rings is 1. The van der Waals surface area contributed by atoms with E-state index in [4.69, 9.17) is 11.6 Å². The number of carbonyl (C=O) groups excluding carboxylic acids is 1. The number of aromatic nitrogens is 3. The number of benzene rings is 2. The van der Waals surface area contributed by atoms with Crippen LogP contribution in [0, 0.1) is 19.7 Å². The zero-order valence-corrected chi connectivity index (χ0v) is 16.7. The summed E-state index contributed by atoms with van der Waals surface area (Å²) in [4.78, 5) is 17.5. The Bertz CT molecular complexity index is 1220. The van der Waals surface area contributed by atoms with Crippen molar-refractivity contribution in [2.24, 2.45) is 0 Å². The van der Waals surface area contributed by atoms with Gasteiger partial charge in [-0.05, 0) is 55.8 Å². The average Bonchev–Trinajstić information content (AvgIpc) is 3.03. The normalized spacial score (nSPS) is 11.0. The first kappa shape index (κ1) is 19.1. The lowest BCUT2D eigenvalue weighted by Crippen LogP contribution is -2.23.